The van der Waals surface area contributed by atoms with Crippen LogP contribution in [0.3, 0.4) is 0 Å². The van der Waals surface area contributed by atoms with E-state index in [4.69, 9.17) is 26.3 Å². The van der Waals surface area contributed by atoms with E-state index in [0.29, 0.717) is 35.8 Å². The first-order valence-electron chi connectivity index (χ1n) is 13.2. The predicted octanol–water partition coefficient (Wildman–Crippen LogP) is 4.94. The van der Waals surface area contributed by atoms with Crippen molar-refractivity contribution in [1.29, 1.82) is 0 Å². The molecule has 2 N–H and O–H groups in total. The molecule has 10 nitrogen and oxygen atoms in total. The van der Waals surface area contributed by atoms with Crippen LogP contribution in [-0.4, -0.2) is 57.7 Å². The highest BCUT2D eigenvalue weighted by Crippen LogP contribution is 2.41. The summed E-state index contributed by atoms with van der Waals surface area (Å²) in [5, 5.41) is 6.78. The lowest BCUT2D eigenvalue weighted by atomic mass is 9.89. The third kappa shape index (κ3) is 5.12. The summed E-state index contributed by atoms with van der Waals surface area (Å²) in [6.07, 6.45) is 4.77. The summed E-state index contributed by atoms with van der Waals surface area (Å²) in [4.78, 5) is 13.8. The monoisotopic (exact) mass is 579 g/mol. The maximum Gasteiger partial charge on any atom is 0.229 e. The lowest BCUT2D eigenvalue weighted by Gasteiger charge is -2.34. The molecular weight excluding hydrogens is 550 g/mol. The molecule has 0 spiro atoms. The number of sulfonamides is 1. The summed E-state index contributed by atoms with van der Waals surface area (Å²) in [7, 11) is -1.79. The Balaban J connectivity index is 1.40. The van der Waals surface area contributed by atoms with Gasteiger partial charge in [-0.25, -0.2) is 18.4 Å². The van der Waals surface area contributed by atoms with Gasteiger partial charge in [0.15, 0.2) is 0 Å². The molecule has 6 rings (SSSR count). The second kappa shape index (κ2) is 10.7. The number of halogens is 1. The molecule has 0 bridgehead atoms. The van der Waals surface area contributed by atoms with Crippen molar-refractivity contribution in [2.75, 3.05) is 30.8 Å². The summed E-state index contributed by atoms with van der Waals surface area (Å²) >= 11 is 6.01. The summed E-state index contributed by atoms with van der Waals surface area (Å²) in [6, 6.07) is 15.6. The van der Waals surface area contributed by atoms with Crippen LogP contribution in [0.4, 0.5) is 17.5 Å². The summed E-state index contributed by atoms with van der Waals surface area (Å²) in [5.74, 6) is 1.42. The molecule has 208 valence electrons. The zero-order valence-electron chi connectivity index (χ0n) is 22.2. The highest BCUT2D eigenvalue weighted by Gasteiger charge is 2.44. The molecule has 40 heavy (non-hydrogen) atoms. The lowest BCUT2D eigenvalue weighted by molar-refractivity contribution is 0.366. The topological polar surface area (TPSA) is 114 Å². The maximum absolute atomic E-state index is 13.3. The molecule has 1 saturated carbocycles. The number of hydrogen-bond donors (Lipinski definition) is 2. The van der Waals surface area contributed by atoms with Crippen LogP contribution in [0.1, 0.15) is 42.5 Å². The second-order valence-electron chi connectivity index (χ2n) is 9.91. The molecule has 0 radical (unpaired) electrons. The van der Waals surface area contributed by atoms with Crippen LogP contribution >= 0.6 is 11.6 Å². The molecule has 0 saturated heterocycles. The van der Waals surface area contributed by atoms with Crippen LogP contribution in [0.25, 0.3) is 5.69 Å². The first-order chi connectivity index (χ1) is 19.4. The smallest absolute Gasteiger partial charge is 0.229 e. The number of nitrogens with one attached hydrogen (secondary N) is 2. The normalized spacial score (nSPS) is 17.3. The Bertz CT molecular complexity index is 1640. The first kappa shape index (κ1) is 26.5. The molecule has 0 amide bonds. The Morgan fingerprint density at radius 1 is 1.12 bits per heavy atom. The first-order valence-corrected chi connectivity index (χ1v) is 15.1. The molecule has 2 aromatic carbocycles. The number of aromatic nitrogens is 4. The fourth-order valence-electron chi connectivity index (χ4n) is 5.09. The number of benzene rings is 2. The third-order valence-corrected chi connectivity index (χ3v) is 9.71. The third-order valence-electron chi connectivity index (χ3n) is 7.21. The minimum absolute atomic E-state index is 0.234. The molecule has 1 aliphatic carbocycles. The van der Waals surface area contributed by atoms with Gasteiger partial charge in [0.25, 0.3) is 0 Å². The summed E-state index contributed by atoms with van der Waals surface area (Å²) < 4.78 is 35.7. The van der Waals surface area contributed by atoms with Crippen LogP contribution in [0.5, 0.6) is 5.75 Å². The highest BCUT2D eigenvalue weighted by molar-refractivity contribution is 7.90. The molecule has 2 aliphatic rings. The Morgan fingerprint density at radius 3 is 2.60 bits per heavy atom. The standard InChI is InChI=1S/C28H30ClN7O3S/c1-3-30-27-22-15-36(40(37,38)20-10-11-20)14-21(18-7-5-4-6-8-18)26(22)33-28(34-27)32-19-9-12-23(24(13-19)39-2)35-16-25(29)31-17-35/h4-9,12-13,16-17,20-21H,3,10-11,14-15H2,1-2H3,(H2,30,32,33,34). The molecule has 3 heterocycles. The summed E-state index contributed by atoms with van der Waals surface area (Å²) in [6.45, 7) is 3.21. The quantitative estimate of drug-likeness (QED) is 0.287. The average molecular weight is 580 g/mol. The number of fused-ring (bicyclic) bond motifs is 1. The maximum atomic E-state index is 13.3. The van der Waals surface area contributed by atoms with Gasteiger partial charge in [-0.15, -0.1) is 0 Å². The molecule has 1 aliphatic heterocycles. The Morgan fingerprint density at radius 2 is 1.93 bits per heavy atom. The van der Waals surface area contributed by atoms with E-state index in [0.717, 1.165) is 41.0 Å². The van der Waals surface area contributed by atoms with Gasteiger partial charge in [0.05, 0.1) is 23.7 Å². The van der Waals surface area contributed by atoms with Crippen LogP contribution in [0.2, 0.25) is 5.15 Å². The second-order valence-corrected chi connectivity index (χ2v) is 12.5. The van der Waals surface area contributed by atoms with Crippen LogP contribution in [0, 0.1) is 0 Å². The van der Waals surface area contributed by atoms with E-state index >= 15 is 0 Å². The van der Waals surface area contributed by atoms with E-state index in [9.17, 15) is 8.42 Å². The van der Waals surface area contributed by atoms with Crippen molar-refractivity contribution in [1.82, 2.24) is 23.8 Å². The van der Waals surface area contributed by atoms with Gasteiger partial charge < -0.3 is 19.9 Å². The lowest BCUT2D eigenvalue weighted by Crippen LogP contribution is -2.41. The molecule has 1 fully saturated rings. The van der Waals surface area contributed by atoms with E-state index in [2.05, 4.69) is 15.6 Å². The van der Waals surface area contributed by atoms with Crippen molar-refractivity contribution < 1.29 is 13.2 Å². The largest absolute Gasteiger partial charge is 0.494 e. The fraction of sp³-hybridized carbons (Fsp3) is 0.321. The van der Waals surface area contributed by atoms with E-state index < -0.39 is 10.0 Å². The van der Waals surface area contributed by atoms with E-state index in [1.54, 1.807) is 28.5 Å². The molecule has 12 heteroatoms. The molecule has 4 aromatic rings. The van der Waals surface area contributed by atoms with Gasteiger partial charge in [0.1, 0.15) is 23.0 Å². The van der Waals surface area contributed by atoms with Gasteiger partial charge in [-0.1, -0.05) is 41.9 Å². The number of nitrogens with zero attached hydrogens (tertiary/aromatic N) is 5. The average Bonchev–Trinajstić information content (AvgIpc) is 3.74. The zero-order valence-corrected chi connectivity index (χ0v) is 23.8. The van der Waals surface area contributed by atoms with Crippen LogP contribution in [0.15, 0.2) is 61.1 Å². The molecule has 2 aromatic heterocycles. The van der Waals surface area contributed by atoms with Crippen molar-refractivity contribution >= 4 is 39.1 Å². The number of ether oxygens (including phenoxy) is 1. The van der Waals surface area contributed by atoms with Crippen LogP contribution < -0.4 is 15.4 Å². The fourth-order valence-corrected chi connectivity index (χ4v) is 7.06. The Labute approximate surface area is 238 Å². The van der Waals surface area contributed by atoms with Gasteiger partial charge in [-0.05, 0) is 37.5 Å². The number of anilines is 3. The number of rotatable bonds is 9. The number of hydrogen-bond acceptors (Lipinski definition) is 8. The van der Waals surface area contributed by atoms with Gasteiger partial charge in [-0.3, -0.25) is 0 Å². The van der Waals surface area contributed by atoms with Crippen molar-refractivity contribution in [2.24, 2.45) is 0 Å². The van der Waals surface area contributed by atoms with Crippen molar-refractivity contribution in [3.63, 3.8) is 0 Å². The van der Waals surface area contributed by atoms with E-state index in [1.165, 1.54) is 0 Å². The SMILES string of the molecule is CCNc1nc(Nc2ccc(-n3cnc(Cl)c3)c(OC)c2)nc2c1CN(S(=O)(=O)C1CC1)CC2c1ccccc1. The van der Waals surface area contributed by atoms with Crippen LogP contribution in [-0.2, 0) is 16.6 Å². The highest BCUT2D eigenvalue weighted by atomic mass is 35.5. The molecule has 1 unspecified atom stereocenters. The Kier molecular flexibility index (Phi) is 7.11. The minimum atomic E-state index is -3.39. The van der Waals surface area contributed by atoms with Crippen molar-refractivity contribution in [3.05, 3.63) is 83.0 Å². The van der Waals surface area contributed by atoms with Crippen molar-refractivity contribution in [3.8, 4) is 11.4 Å². The molecule has 1 atom stereocenters. The minimum Gasteiger partial charge on any atom is -0.494 e. The van der Waals surface area contributed by atoms with Gasteiger partial charge in [-0.2, -0.15) is 9.29 Å². The predicted molar refractivity (Wildman–Crippen MR) is 155 cm³/mol. The van der Waals surface area contributed by atoms with Gasteiger partial charge in [0, 0.05) is 49.1 Å². The Hall–Kier alpha value is -3.67. The van der Waals surface area contributed by atoms with E-state index in [1.807, 2.05) is 55.5 Å². The molecular formula is C28H30ClN7O3S. The number of imidazole rings is 1. The van der Waals surface area contributed by atoms with Gasteiger partial charge in [0.2, 0.25) is 16.0 Å². The van der Waals surface area contributed by atoms with Crippen molar-refractivity contribution in [2.45, 2.75) is 37.5 Å². The number of methoxy groups -OCH3 is 1. The summed E-state index contributed by atoms with van der Waals surface area (Å²) in [5.41, 5.74) is 4.16. The van der Waals surface area contributed by atoms with Gasteiger partial charge >= 0.3 is 0 Å². The zero-order chi connectivity index (χ0) is 27.9. The van der Waals surface area contributed by atoms with E-state index in [-0.39, 0.29) is 17.7 Å².